The molecule has 1 aromatic carbocycles. The van der Waals surface area contributed by atoms with Crippen molar-refractivity contribution in [1.82, 2.24) is 20.1 Å². The molecule has 1 heterocycles. The van der Waals surface area contributed by atoms with E-state index >= 15 is 0 Å². The first-order chi connectivity index (χ1) is 11.5. The van der Waals surface area contributed by atoms with Gasteiger partial charge >= 0.3 is 0 Å². The van der Waals surface area contributed by atoms with Gasteiger partial charge < -0.3 is 16.0 Å². The normalized spacial score (nSPS) is 10.0. The first kappa shape index (κ1) is 20.6. The number of nitrogens with one attached hydrogen (secondary N) is 2. The van der Waals surface area contributed by atoms with Gasteiger partial charge in [0.15, 0.2) is 5.82 Å². The Morgan fingerprint density at radius 2 is 1.88 bits per heavy atom. The fraction of sp³-hybridized carbons (Fsp3) is 0.375. The van der Waals surface area contributed by atoms with Gasteiger partial charge in [-0.3, -0.25) is 14.7 Å². The Balaban J connectivity index is 0.00000312. The molecule has 0 aliphatic rings. The zero-order chi connectivity index (χ0) is 17.5. The number of nitrogens with two attached hydrogens (primary N) is 1. The second-order valence-electron chi connectivity index (χ2n) is 5.58. The Labute approximate surface area is 152 Å². The molecule has 0 aliphatic carbocycles. The third-order valence-electron chi connectivity index (χ3n) is 3.45. The molecule has 0 fully saturated rings. The Bertz CT molecular complexity index is 699. The Morgan fingerprint density at radius 3 is 2.44 bits per heavy atom. The summed E-state index contributed by atoms with van der Waals surface area (Å²) in [5.41, 5.74) is 7.02. The van der Waals surface area contributed by atoms with Crippen molar-refractivity contribution >= 4 is 29.9 Å². The molecule has 0 unspecified atom stereocenters. The van der Waals surface area contributed by atoms with Crippen LogP contribution in [-0.2, 0) is 16.1 Å². The summed E-state index contributed by atoms with van der Waals surface area (Å²) < 4.78 is 0. The van der Waals surface area contributed by atoms with Crippen LogP contribution in [0, 0.1) is 0 Å². The summed E-state index contributed by atoms with van der Waals surface area (Å²) in [5.74, 6) is 1.10. The van der Waals surface area contributed by atoms with Gasteiger partial charge in [0.1, 0.15) is 5.82 Å². The van der Waals surface area contributed by atoms with Gasteiger partial charge in [0.2, 0.25) is 11.8 Å². The van der Waals surface area contributed by atoms with E-state index in [9.17, 15) is 9.59 Å². The zero-order valence-corrected chi connectivity index (χ0v) is 15.1. The number of carbonyl (C=O) groups is 2. The molecule has 4 N–H and O–H groups in total. The summed E-state index contributed by atoms with van der Waals surface area (Å²) >= 11 is 0. The lowest BCUT2D eigenvalue weighted by Crippen LogP contribution is -2.21. The fourth-order valence-corrected chi connectivity index (χ4v) is 2.07. The molecule has 0 radical (unpaired) electrons. The average Bonchev–Trinajstić information content (AvgIpc) is 3.04. The van der Waals surface area contributed by atoms with Gasteiger partial charge in [-0.25, -0.2) is 4.98 Å². The summed E-state index contributed by atoms with van der Waals surface area (Å²) in [6, 6.07) is 7.23. The van der Waals surface area contributed by atoms with E-state index < -0.39 is 0 Å². The number of H-pyrrole nitrogens is 1. The standard InChI is InChI=1S/C16H22N6O2.ClH/c1-22(2)15(24)5-3-4-14(23)18-12-8-6-11(7-9-12)16-19-13(10-17)20-21-16;/h6-9H,3-5,10,17H2,1-2H3,(H,18,23)(H,19,20,21);1H. The quantitative estimate of drug-likeness (QED) is 0.687. The predicted octanol–water partition coefficient (Wildman–Crippen LogP) is 1.55. The molecule has 8 nitrogen and oxygen atoms in total. The van der Waals surface area contributed by atoms with Crippen molar-refractivity contribution in [3.05, 3.63) is 30.1 Å². The maximum Gasteiger partial charge on any atom is 0.224 e. The molecule has 0 aliphatic heterocycles. The van der Waals surface area contributed by atoms with Gasteiger partial charge in [-0.1, -0.05) is 0 Å². The Hall–Kier alpha value is -2.45. The van der Waals surface area contributed by atoms with Crippen molar-refractivity contribution in [2.75, 3.05) is 19.4 Å². The number of anilines is 1. The maximum absolute atomic E-state index is 11.9. The molecule has 2 amide bonds. The van der Waals surface area contributed by atoms with Crippen LogP contribution in [0.1, 0.15) is 25.1 Å². The molecule has 9 heteroatoms. The van der Waals surface area contributed by atoms with Crippen molar-refractivity contribution < 1.29 is 9.59 Å². The maximum atomic E-state index is 11.9. The summed E-state index contributed by atoms with van der Waals surface area (Å²) in [5, 5.41) is 9.64. The second kappa shape index (κ2) is 9.75. The van der Waals surface area contributed by atoms with E-state index in [0.717, 1.165) is 5.56 Å². The predicted molar refractivity (Wildman–Crippen MR) is 98.1 cm³/mol. The van der Waals surface area contributed by atoms with Crippen LogP contribution in [0.5, 0.6) is 0 Å². The largest absolute Gasteiger partial charge is 0.349 e. The summed E-state index contributed by atoms with van der Waals surface area (Å²) in [4.78, 5) is 29.1. The number of hydrogen-bond acceptors (Lipinski definition) is 5. The van der Waals surface area contributed by atoms with Crippen LogP contribution in [0.4, 0.5) is 5.69 Å². The lowest BCUT2D eigenvalue weighted by atomic mass is 10.2. The molecule has 2 aromatic rings. The first-order valence-electron chi connectivity index (χ1n) is 7.71. The summed E-state index contributed by atoms with van der Waals surface area (Å²) in [6.07, 6.45) is 1.20. The molecule has 136 valence electrons. The highest BCUT2D eigenvalue weighted by Crippen LogP contribution is 2.18. The van der Waals surface area contributed by atoms with Crippen LogP contribution < -0.4 is 11.1 Å². The van der Waals surface area contributed by atoms with Gasteiger partial charge in [-0.2, -0.15) is 5.10 Å². The van der Waals surface area contributed by atoms with Crippen LogP contribution in [-0.4, -0.2) is 46.0 Å². The van der Waals surface area contributed by atoms with E-state index in [1.807, 2.05) is 12.1 Å². The molecule has 0 saturated heterocycles. The minimum atomic E-state index is -0.113. The van der Waals surface area contributed by atoms with E-state index in [-0.39, 0.29) is 24.2 Å². The highest BCUT2D eigenvalue weighted by Gasteiger charge is 2.08. The number of nitrogens with zero attached hydrogens (tertiary/aromatic N) is 3. The number of hydrogen-bond donors (Lipinski definition) is 3. The van der Waals surface area contributed by atoms with E-state index in [0.29, 0.717) is 43.1 Å². The minimum absolute atomic E-state index is 0. The van der Waals surface area contributed by atoms with Crippen LogP contribution >= 0.6 is 12.4 Å². The molecule has 0 spiro atoms. The van der Waals surface area contributed by atoms with Gasteiger partial charge in [-0.15, -0.1) is 12.4 Å². The van der Waals surface area contributed by atoms with Crippen LogP contribution in [0.25, 0.3) is 11.4 Å². The second-order valence-corrected chi connectivity index (χ2v) is 5.58. The number of aromatic nitrogens is 3. The molecule has 1 aromatic heterocycles. The molecule has 0 bridgehead atoms. The minimum Gasteiger partial charge on any atom is -0.349 e. The fourth-order valence-electron chi connectivity index (χ4n) is 2.07. The van der Waals surface area contributed by atoms with Crippen molar-refractivity contribution in [2.24, 2.45) is 5.73 Å². The van der Waals surface area contributed by atoms with Crippen LogP contribution in [0.15, 0.2) is 24.3 Å². The third kappa shape index (κ3) is 6.17. The van der Waals surface area contributed by atoms with Crippen molar-refractivity contribution in [3.63, 3.8) is 0 Å². The third-order valence-corrected chi connectivity index (χ3v) is 3.45. The molecule has 25 heavy (non-hydrogen) atoms. The van der Waals surface area contributed by atoms with Gasteiger partial charge in [0.05, 0.1) is 6.54 Å². The zero-order valence-electron chi connectivity index (χ0n) is 14.3. The van der Waals surface area contributed by atoms with Crippen LogP contribution in [0.2, 0.25) is 0 Å². The number of carbonyl (C=O) groups excluding carboxylic acids is 2. The Morgan fingerprint density at radius 1 is 1.20 bits per heavy atom. The number of halogens is 1. The van der Waals surface area contributed by atoms with E-state index in [2.05, 4.69) is 20.5 Å². The highest BCUT2D eigenvalue weighted by molar-refractivity contribution is 5.91. The number of rotatable bonds is 7. The average molecular weight is 367 g/mol. The van der Waals surface area contributed by atoms with Gasteiger partial charge in [0, 0.05) is 38.2 Å². The van der Waals surface area contributed by atoms with E-state index in [4.69, 9.17) is 5.73 Å². The first-order valence-corrected chi connectivity index (χ1v) is 7.71. The van der Waals surface area contributed by atoms with Crippen molar-refractivity contribution in [1.29, 1.82) is 0 Å². The van der Waals surface area contributed by atoms with Crippen LogP contribution in [0.3, 0.4) is 0 Å². The number of benzene rings is 1. The molecule has 0 saturated carbocycles. The van der Waals surface area contributed by atoms with E-state index in [1.165, 1.54) is 4.90 Å². The molecule has 0 atom stereocenters. The monoisotopic (exact) mass is 366 g/mol. The number of amides is 2. The summed E-state index contributed by atoms with van der Waals surface area (Å²) in [6.45, 7) is 0.303. The van der Waals surface area contributed by atoms with E-state index in [1.54, 1.807) is 26.2 Å². The highest BCUT2D eigenvalue weighted by atomic mass is 35.5. The smallest absolute Gasteiger partial charge is 0.224 e. The van der Waals surface area contributed by atoms with Crippen molar-refractivity contribution in [3.8, 4) is 11.4 Å². The molecular formula is C16H23ClN6O2. The lowest BCUT2D eigenvalue weighted by molar-refractivity contribution is -0.128. The summed E-state index contributed by atoms with van der Waals surface area (Å²) in [7, 11) is 3.41. The lowest BCUT2D eigenvalue weighted by Gasteiger charge is -2.10. The topological polar surface area (TPSA) is 117 Å². The molecule has 2 rings (SSSR count). The van der Waals surface area contributed by atoms with Gasteiger partial charge in [0.25, 0.3) is 0 Å². The van der Waals surface area contributed by atoms with Gasteiger partial charge in [-0.05, 0) is 30.7 Å². The SMILES string of the molecule is CN(C)C(=O)CCCC(=O)Nc1ccc(-c2n[nH]c(CN)n2)cc1.Cl. The number of aromatic amines is 1. The Kier molecular flexibility index (Phi) is 8.03. The van der Waals surface area contributed by atoms with Crippen molar-refractivity contribution in [2.45, 2.75) is 25.8 Å². The molecular weight excluding hydrogens is 344 g/mol.